The van der Waals surface area contributed by atoms with Crippen LogP contribution in [0.2, 0.25) is 0 Å². The maximum atomic E-state index is 12.7. The third-order valence-electron chi connectivity index (χ3n) is 4.79. The summed E-state index contributed by atoms with van der Waals surface area (Å²) in [5.41, 5.74) is 1.24. The van der Waals surface area contributed by atoms with Crippen LogP contribution >= 0.6 is 0 Å². The Balaban J connectivity index is 1.65. The van der Waals surface area contributed by atoms with E-state index in [1.165, 1.54) is 5.56 Å². The Bertz CT molecular complexity index is 485. The van der Waals surface area contributed by atoms with E-state index in [1.807, 2.05) is 6.07 Å². The lowest BCUT2D eigenvalue weighted by Gasteiger charge is -2.40. The van der Waals surface area contributed by atoms with Crippen molar-refractivity contribution in [2.75, 3.05) is 33.3 Å². The molecule has 2 aliphatic heterocycles. The van der Waals surface area contributed by atoms with Crippen LogP contribution in [0.15, 0.2) is 30.3 Å². The highest BCUT2D eigenvalue weighted by Gasteiger charge is 2.30. The number of likely N-dealkylation sites (N-methyl/N-ethyl adjacent to an activating group) is 1. The molecule has 4 nitrogen and oxygen atoms in total. The minimum Gasteiger partial charge on any atom is -0.378 e. The molecule has 0 saturated carbocycles. The zero-order chi connectivity index (χ0) is 15.4. The van der Waals surface area contributed by atoms with Gasteiger partial charge in [0.25, 0.3) is 0 Å². The van der Waals surface area contributed by atoms with Crippen molar-refractivity contribution in [2.45, 2.75) is 37.8 Å². The highest BCUT2D eigenvalue weighted by atomic mass is 16.5. The molecule has 2 atom stereocenters. The quantitative estimate of drug-likeness (QED) is 0.856. The molecule has 2 saturated heterocycles. The van der Waals surface area contributed by atoms with E-state index in [2.05, 4.69) is 41.1 Å². The molecule has 3 rings (SSSR count). The van der Waals surface area contributed by atoms with Crippen LogP contribution in [0, 0.1) is 0 Å². The molecule has 0 bridgehead atoms. The van der Waals surface area contributed by atoms with Crippen molar-refractivity contribution in [1.82, 2.24) is 9.80 Å². The standard InChI is InChI=1S/C18H26N2O2/c1-19-11-12-20(17(14-19)15-6-3-2-4-7-15)18(21)10-9-16-8-5-13-22-16/h2-4,6-7,16-17H,5,8-14H2,1H3/t16-,17-/m0/s1. The van der Waals surface area contributed by atoms with Crippen LogP contribution in [-0.2, 0) is 9.53 Å². The first-order valence-electron chi connectivity index (χ1n) is 8.38. The topological polar surface area (TPSA) is 32.8 Å². The zero-order valence-corrected chi connectivity index (χ0v) is 13.4. The summed E-state index contributed by atoms with van der Waals surface area (Å²) in [6, 6.07) is 10.6. The second kappa shape index (κ2) is 7.25. The Kier molecular flexibility index (Phi) is 5.11. The van der Waals surface area contributed by atoms with E-state index in [1.54, 1.807) is 0 Å². The van der Waals surface area contributed by atoms with Crippen LogP contribution < -0.4 is 0 Å². The van der Waals surface area contributed by atoms with Crippen LogP contribution in [0.25, 0.3) is 0 Å². The first-order chi connectivity index (χ1) is 10.7. The maximum absolute atomic E-state index is 12.7. The number of hydrogen-bond acceptors (Lipinski definition) is 3. The van der Waals surface area contributed by atoms with Crippen LogP contribution in [0.3, 0.4) is 0 Å². The molecule has 120 valence electrons. The number of benzene rings is 1. The lowest BCUT2D eigenvalue weighted by atomic mass is 10.0. The van der Waals surface area contributed by atoms with E-state index in [9.17, 15) is 4.79 Å². The SMILES string of the molecule is CN1CCN(C(=O)CC[C@@H]2CCCO2)[C@H](c2ccccc2)C1. The second-order valence-corrected chi connectivity index (χ2v) is 6.45. The Morgan fingerprint density at radius 3 is 2.82 bits per heavy atom. The van der Waals surface area contributed by atoms with Gasteiger partial charge in [0.1, 0.15) is 0 Å². The molecule has 0 aromatic heterocycles. The summed E-state index contributed by atoms with van der Waals surface area (Å²) in [7, 11) is 2.13. The smallest absolute Gasteiger partial charge is 0.223 e. The Morgan fingerprint density at radius 1 is 1.27 bits per heavy atom. The van der Waals surface area contributed by atoms with Gasteiger partial charge in [-0.25, -0.2) is 0 Å². The normalized spacial score (nSPS) is 26.3. The summed E-state index contributed by atoms with van der Waals surface area (Å²) in [6.45, 7) is 3.55. The molecule has 0 spiro atoms. The second-order valence-electron chi connectivity index (χ2n) is 6.45. The van der Waals surface area contributed by atoms with Crippen molar-refractivity contribution in [3.05, 3.63) is 35.9 Å². The lowest BCUT2D eigenvalue weighted by Crippen LogP contribution is -2.49. The summed E-state index contributed by atoms with van der Waals surface area (Å²) < 4.78 is 5.64. The molecule has 2 fully saturated rings. The molecule has 2 aliphatic rings. The first kappa shape index (κ1) is 15.5. The van der Waals surface area contributed by atoms with Gasteiger partial charge >= 0.3 is 0 Å². The summed E-state index contributed by atoms with van der Waals surface area (Å²) in [5, 5.41) is 0. The number of carbonyl (C=O) groups is 1. The molecule has 1 aromatic rings. The van der Waals surface area contributed by atoms with Crippen LogP contribution in [-0.4, -0.2) is 55.1 Å². The Labute approximate surface area is 133 Å². The summed E-state index contributed by atoms with van der Waals surface area (Å²) in [5.74, 6) is 0.275. The van der Waals surface area contributed by atoms with E-state index < -0.39 is 0 Å². The largest absolute Gasteiger partial charge is 0.378 e. The molecule has 1 amide bonds. The van der Waals surface area contributed by atoms with Crippen LogP contribution in [0.4, 0.5) is 0 Å². The van der Waals surface area contributed by atoms with E-state index in [0.717, 1.165) is 45.5 Å². The fourth-order valence-electron chi connectivity index (χ4n) is 3.48. The minimum atomic E-state index is 0.178. The van der Waals surface area contributed by atoms with Gasteiger partial charge in [0.15, 0.2) is 0 Å². The van der Waals surface area contributed by atoms with Crippen molar-refractivity contribution in [3.63, 3.8) is 0 Å². The fraction of sp³-hybridized carbons (Fsp3) is 0.611. The Hall–Kier alpha value is -1.39. The highest BCUT2D eigenvalue weighted by molar-refractivity contribution is 5.77. The van der Waals surface area contributed by atoms with Gasteiger partial charge in [0, 0.05) is 32.7 Å². The number of hydrogen-bond donors (Lipinski definition) is 0. The van der Waals surface area contributed by atoms with Crippen molar-refractivity contribution >= 4 is 5.91 Å². The van der Waals surface area contributed by atoms with Crippen molar-refractivity contribution in [3.8, 4) is 0 Å². The predicted molar refractivity (Wildman–Crippen MR) is 86.6 cm³/mol. The van der Waals surface area contributed by atoms with Gasteiger partial charge in [-0.1, -0.05) is 30.3 Å². The van der Waals surface area contributed by atoms with E-state index >= 15 is 0 Å². The Morgan fingerprint density at radius 2 is 2.09 bits per heavy atom. The predicted octanol–water partition coefficient (Wildman–Crippen LogP) is 2.46. The maximum Gasteiger partial charge on any atom is 0.223 e. The fourth-order valence-corrected chi connectivity index (χ4v) is 3.48. The molecular weight excluding hydrogens is 276 g/mol. The molecule has 4 heteroatoms. The molecule has 1 aromatic carbocycles. The molecule has 0 unspecified atom stereocenters. The van der Waals surface area contributed by atoms with Crippen molar-refractivity contribution in [2.24, 2.45) is 0 Å². The highest BCUT2D eigenvalue weighted by Crippen LogP contribution is 2.26. The zero-order valence-electron chi connectivity index (χ0n) is 13.4. The molecular formula is C18H26N2O2. The third kappa shape index (κ3) is 3.68. The molecule has 0 radical (unpaired) electrons. The summed E-state index contributed by atoms with van der Waals surface area (Å²) >= 11 is 0. The van der Waals surface area contributed by atoms with Crippen LogP contribution in [0.5, 0.6) is 0 Å². The van der Waals surface area contributed by atoms with Gasteiger partial charge in [-0.05, 0) is 31.9 Å². The van der Waals surface area contributed by atoms with Gasteiger partial charge in [0.05, 0.1) is 12.1 Å². The molecule has 2 heterocycles. The van der Waals surface area contributed by atoms with E-state index in [0.29, 0.717) is 12.5 Å². The summed E-state index contributed by atoms with van der Waals surface area (Å²) in [6.07, 6.45) is 4.02. The average molecular weight is 302 g/mol. The van der Waals surface area contributed by atoms with Crippen molar-refractivity contribution < 1.29 is 9.53 Å². The number of amides is 1. The minimum absolute atomic E-state index is 0.178. The first-order valence-corrected chi connectivity index (χ1v) is 8.38. The van der Waals surface area contributed by atoms with Gasteiger partial charge in [0.2, 0.25) is 5.91 Å². The molecule has 0 N–H and O–H groups in total. The number of nitrogens with zero attached hydrogens (tertiary/aromatic N) is 2. The number of rotatable bonds is 4. The van der Waals surface area contributed by atoms with Gasteiger partial charge in [-0.3, -0.25) is 4.79 Å². The van der Waals surface area contributed by atoms with Crippen molar-refractivity contribution in [1.29, 1.82) is 0 Å². The number of carbonyl (C=O) groups excluding carboxylic acids is 1. The molecule has 0 aliphatic carbocycles. The van der Waals surface area contributed by atoms with Crippen LogP contribution in [0.1, 0.15) is 37.3 Å². The lowest BCUT2D eigenvalue weighted by molar-refractivity contribution is -0.136. The van der Waals surface area contributed by atoms with E-state index in [-0.39, 0.29) is 11.9 Å². The van der Waals surface area contributed by atoms with E-state index in [4.69, 9.17) is 4.74 Å². The van der Waals surface area contributed by atoms with Gasteiger partial charge in [-0.2, -0.15) is 0 Å². The average Bonchev–Trinajstić information content (AvgIpc) is 3.07. The summed E-state index contributed by atoms with van der Waals surface area (Å²) in [4.78, 5) is 17.1. The monoisotopic (exact) mass is 302 g/mol. The van der Waals surface area contributed by atoms with Gasteiger partial charge in [-0.15, -0.1) is 0 Å². The number of piperazine rings is 1. The molecule has 22 heavy (non-hydrogen) atoms. The number of ether oxygens (including phenoxy) is 1. The van der Waals surface area contributed by atoms with Gasteiger partial charge < -0.3 is 14.5 Å². The third-order valence-corrected chi connectivity index (χ3v) is 4.79.